The zero-order chi connectivity index (χ0) is 5.70. The van der Waals surface area contributed by atoms with Crippen LogP contribution < -0.4 is 0 Å². The molecule has 0 bridgehead atoms. The molecule has 0 heterocycles. The molecular weight excluding hydrogens is 106 g/mol. The highest BCUT2D eigenvalue weighted by molar-refractivity contribution is 7.81. The van der Waals surface area contributed by atoms with Gasteiger partial charge < -0.3 is 5.41 Å². The summed E-state index contributed by atoms with van der Waals surface area (Å²) in [5.41, 5.74) is 0. The Morgan fingerprint density at radius 1 is 1.86 bits per heavy atom. The van der Waals surface area contributed by atoms with Crippen LogP contribution in [0.1, 0.15) is 19.8 Å². The molecule has 1 N–H and O–H groups in total. The van der Waals surface area contributed by atoms with Crippen molar-refractivity contribution in [3.05, 3.63) is 0 Å². The van der Waals surface area contributed by atoms with Crippen LogP contribution in [0.15, 0.2) is 0 Å². The van der Waals surface area contributed by atoms with E-state index in [4.69, 9.17) is 17.6 Å². The minimum Gasteiger partial charge on any atom is -0.308 e. The van der Waals surface area contributed by atoms with Crippen LogP contribution in [0, 0.1) is 5.41 Å². The summed E-state index contributed by atoms with van der Waals surface area (Å²) in [7, 11) is 0. The van der Waals surface area contributed by atoms with Gasteiger partial charge in [0.1, 0.15) is 0 Å². The SMILES string of the molecule is CCCC(=S)C=N. The van der Waals surface area contributed by atoms with Gasteiger partial charge in [-0.2, -0.15) is 0 Å². The number of hydrogen-bond acceptors (Lipinski definition) is 2. The fourth-order valence-corrected chi connectivity index (χ4v) is 0.523. The van der Waals surface area contributed by atoms with Crippen LogP contribution in [0.5, 0.6) is 0 Å². The predicted molar refractivity (Wildman–Crippen MR) is 36.3 cm³/mol. The van der Waals surface area contributed by atoms with E-state index in [1.54, 1.807) is 0 Å². The quantitative estimate of drug-likeness (QED) is 0.440. The first-order chi connectivity index (χ1) is 3.31. The summed E-state index contributed by atoms with van der Waals surface area (Å²) in [4.78, 5) is 0.752. The van der Waals surface area contributed by atoms with Crippen LogP contribution in [0.4, 0.5) is 0 Å². The molecule has 2 heteroatoms. The Balaban J connectivity index is 3.17. The van der Waals surface area contributed by atoms with Gasteiger partial charge in [0.25, 0.3) is 0 Å². The van der Waals surface area contributed by atoms with E-state index in [0.29, 0.717) is 0 Å². The average Bonchev–Trinajstić information content (AvgIpc) is 1.68. The summed E-state index contributed by atoms with van der Waals surface area (Å²) in [5, 5.41) is 6.65. The molecule has 0 aliphatic heterocycles. The van der Waals surface area contributed by atoms with Gasteiger partial charge in [-0.05, 0) is 6.42 Å². The minimum absolute atomic E-state index is 0.752. The molecule has 0 aromatic rings. The second-order valence-corrected chi connectivity index (χ2v) is 1.89. The standard InChI is InChI=1S/C5H9NS/c1-2-3-5(7)4-6/h4,6H,2-3H2,1H3. The van der Waals surface area contributed by atoms with Crippen molar-refractivity contribution < 1.29 is 0 Å². The van der Waals surface area contributed by atoms with Crippen LogP contribution >= 0.6 is 12.2 Å². The number of thiocarbonyl (C=S) groups is 1. The van der Waals surface area contributed by atoms with Gasteiger partial charge in [-0.1, -0.05) is 25.6 Å². The van der Waals surface area contributed by atoms with Gasteiger partial charge in [0.2, 0.25) is 0 Å². The molecular formula is C5H9NS. The highest BCUT2D eigenvalue weighted by atomic mass is 32.1. The van der Waals surface area contributed by atoms with E-state index in [9.17, 15) is 0 Å². The molecule has 7 heavy (non-hydrogen) atoms. The van der Waals surface area contributed by atoms with Crippen LogP contribution in [0.3, 0.4) is 0 Å². The highest BCUT2D eigenvalue weighted by Gasteiger charge is 1.83. The lowest BCUT2D eigenvalue weighted by molar-refractivity contribution is 1.01. The lowest BCUT2D eigenvalue weighted by Gasteiger charge is -1.85. The van der Waals surface area contributed by atoms with E-state index in [1.807, 2.05) is 0 Å². The molecule has 40 valence electrons. The largest absolute Gasteiger partial charge is 0.308 e. The lowest BCUT2D eigenvalue weighted by Crippen LogP contribution is -1.91. The second kappa shape index (κ2) is 3.93. The number of rotatable bonds is 3. The van der Waals surface area contributed by atoms with Crippen LogP contribution in [0.2, 0.25) is 0 Å². The summed E-state index contributed by atoms with van der Waals surface area (Å²) in [5.74, 6) is 0. The maximum Gasteiger partial charge on any atom is 0.0327 e. The summed E-state index contributed by atoms with van der Waals surface area (Å²) in [6, 6.07) is 0. The maximum absolute atomic E-state index is 6.65. The van der Waals surface area contributed by atoms with Gasteiger partial charge in [0.05, 0.1) is 0 Å². The first-order valence-corrected chi connectivity index (χ1v) is 2.75. The molecule has 0 unspecified atom stereocenters. The lowest BCUT2D eigenvalue weighted by atomic mass is 10.3. The van der Waals surface area contributed by atoms with Gasteiger partial charge in [0, 0.05) is 11.1 Å². The molecule has 0 rings (SSSR count). The second-order valence-electron chi connectivity index (χ2n) is 1.36. The normalized spacial score (nSPS) is 8.14. The Morgan fingerprint density at radius 2 is 2.43 bits per heavy atom. The zero-order valence-electron chi connectivity index (χ0n) is 4.40. The average molecular weight is 115 g/mol. The molecule has 1 nitrogen and oxygen atoms in total. The van der Waals surface area contributed by atoms with E-state index in [1.165, 1.54) is 6.21 Å². The minimum atomic E-state index is 0.752. The Bertz CT molecular complexity index is 78.1. The van der Waals surface area contributed by atoms with Crippen molar-refractivity contribution >= 4 is 23.3 Å². The molecule has 0 saturated heterocycles. The topological polar surface area (TPSA) is 23.9 Å². The van der Waals surface area contributed by atoms with E-state index in [-0.39, 0.29) is 0 Å². The third-order valence-electron chi connectivity index (χ3n) is 0.657. The number of nitrogens with one attached hydrogen (secondary N) is 1. The van der Waals surface area contributed by atoms with E-state index in [2.05, 4.69) is 6.92 Å². The van der Waals surface area contributed by atoms with Crippen LogP contribution in [-0.2, 0) is 0 Å². The van der Waals surface area contributed by atoms with Crippen molar-refractivity contribution in [3.63, 3.8) is 0 Å². The molecule has 0 aliphatic carbocycles. The van der Waals surface area contributed by atoms with Crippen LogP contribution in [-0.4, -0.2) is 11.1 Å². The van der Waals surface area contributed by atoms with E-state index < -0.39 is 0 Å². The first kappa shape index (κ1) is 6.76. The number of hydrogen-bond donors (Lipinski definition) is 1. The first-order valence-electron chi connectivity index (χ1n) is 2.34. The summed E-state index contributed by atoms with van der Waals surface area (Å²) < 4.78 is 0. The van der Waals surface area contributed by atoms with Crippen molar-refractivity contribution in [1.82, 2.24) is 0 Å². The van der Waals surface area contributed by atoms with Gasteiger partial charge in [0.15, 0.2) is 0 Å². The zero-order valence-corrected chi connectivity index (χ0v) is 5.22. The molecule has 0 spiro atoms. The molecule has 0 aromatic heterocycles. The van der Waals surface area contributed by atoms with Gasteiger partial charge in [-0.25, -0.2) is 0 Å². The summed E-state index contributed by atoms with van der Waals surface area (Å²) in [6.45, 7) is 2.05. The molecule has 0 fully saturated rings. The Hall–Kier alpha value is -0.240. The van der Waals surface area contributed by atoms with Crippen molar-refractivity contribution in [2.24, 2.45) is 0 Å². The summed E-state index contributed by atoms with van der Waals surface area (Å²) >= 11 is 4.71. The Labute approximate surface area is 49.2 Å². The maximum atomic E-state index is 6.65. The van der Waals surface area contributed by atoms with Gasteiger partial charge >= 0.3 is 0 Å². The van der Waals surface area contributed by atoms with Gasteiger partial charge in [-0.3, -0.25) is 0 Å². The van der Waals surface area contributed by atoms with Crippen LogP contribution in [0.25, 0.3) is 0 Å². The van der Waals surface area contributed by atoms with E-state index >= 15 is 0 Å². The fraction of sp³-hybridized carbons (Fsp3) is 0.600. The smallest absolute Gasteiger partial charge is 0.0327 e. The molecule has 0 saturated carbocycles. The third-order valence-corrected chi connectivity index (χ3v) is 0.979. The van der Waals surface area contributed by atoms with Gasteiger partial charge in [-0.15, -0.1) is 0 Å². The summed E-state index contributed by atoms with van der Waals surface area (Å²) in [6.07, 6.45) is 3.17. The Morgan fingerprint density at radius 3 is 2.57 bits per heavy atom. The van der Waals surface area contributed by atoms with Crippen molar-refractivity contribution in [2.75, 3.05) is 0 Å². The molecule has 0 radical (unpaired) electrons. The Kier molecular flexibility index (Phi) is 3.80. The predicted octanol–water partition coefficient (Wildman–Crippen LogP) is 1.81. The third kappa shape index (κ3) is 3.59. The molecule has 0 aromatic carbocycles. The van der Waals surface area contributed by atoms with E-state index in [0.717, 1.165) is 17.7 Å². The monoisotopic (exact) mass is 115 g/mol. The molecule has 0 amide bonds. The molecule has 0 aliphatic rings. The van der Waals surface area contributed by atoms with Crippen molar-refractivity contribution in [2.45, 2.75) is 19.8 Å². The van der Waals surface area contributed by atoms with Crippen molar-refractivity contribution in [1.29, 1.82) is 5.41 Å². The fourth-order valence-electron chi connectivity index (χ4n) is 0.319. The molecule has 0 atom stereocenters. The highest BCUT2D eigenvalue weighted by Crippen LogP contribution is 1.87. The van der Waals surface area contributed by atoms with Crippen molar-refractivity contribution in [3.8, 4) is 0 Å².